The van der Waals surface area contributed by atoms with Crippen LogP contribution in [0.2, 0.25) is 0 Å². The van der Waals surface area contributed by atoms with Gasteiger partial charge < -0.3 is 14.8 Å². The maximum Gasteiger partial charge on any atom is 0.123 e. The van der Waals surface area contributed by atoms with Gasteiger partial charge in [0.05, 0.1) is 6.61 Å². The minimum Gasteiger partial charge on any atom is -0.491 e. The number of hydrogen-bond acceptors (Lipinski definition) is 3. The Labute approximate surface area is 137 Å². The summed E-state index contributed by atoms with van der Waals surface area (Å²) in [5.74, 6) is 0.925. The molecule has 1 rings (SSSR count). The van der Waals surface area contributed by atoms with E-state index in [0.717, 1.165) is 41.8 Å². The van der Waals surface area contributed by atoms with Crippen LogP contribution in [0.5, 0.6) is 5.75 Å². The van der Waals surface area contributed by atoms with E-state index >= 15 is 0 Å². The van der Waals surface area contributed by atoms with Crippen molar-refractivity contribution in [1.29, 1.82) is 0 Å². The maximum atomic E-state index is 5.85. The van der Waals surface area contributed by atoms with Crippen LogP contribution in [0.4, 0.5) is 0 Å². The van der Waals surface area contributed by atoms with E-state index in [1.54, 1.807) is 0 Å². The van der Waals surface area contributed by atoms with Crippen LogP contribution in [0, 0.1) is 0 Å². The highest BCUT2D eigenvalue weighted by Crippen LogP contribution is 2.23. The van der Waals surface area contributed by atoms with Gasteiger partial charge >= 0.3 is 0 Å². The third-order valence-corrected chi connectivity index (χ3v) is 3.45. The van der Waals surface area contributed by atoms with E-state index in [4.69, 9.17) is 9.47 Å². The largest absolute Gasteiger partial charge is 0.491 e. The topological polar surface area (TPSA) is 30.5 Å². The molecule has 0 atom stereocenters. The van der Waals surface area contributed by atoms with Crippen molar-refractivity contribution in [3.63, 3.8) is 0 Å². The fraction of sp³-hybridized carbons (Fsp3) is 0.647. The zero-order chi connectivity index (χ0) is 15.7. The van der Waals surface area contributed by atoms with E-state index in [9.17, 15) is 0 Å². The lowest BCUT2D eigenvalue weighted by Gasteiger charge is -2.22. The molecule has 3 nitrogen and oxygen atoms in total. The molecular formula is C17H28BrNO2. The summed E-state index contributed by atoms with van der Waals surface area (Å²) in [7, 11) is 0. The summed E-state index contributed by atoms with van der Waals surface area (Å²) >= 11 is 3.52. The molecule has 0 amide bonds. The molecule has 0 aliphatic rings. The molecule has 0 unspecified atom stereocenters. The zero-order valence-corrected chi connectivity index (χ0v) is 15.3. The first-order chi connectivity index (χ1) is 9.92. The van der Waals surface area contributed by atoms with E-state index < -0.39 is 0 Å². The minimum absolute atomic E-state index is 0.0862. The van der Waals surface area contributed by atoms with Gasteiger partial charge in [-0.2, -0.15) is 0 Å². The molecular weight excluding hydrogens is 330 g/mol. The fourth-order valence-electron chi connectivity index (χ4n) is 1.75. The zero-order valence-electron chi connectivity index (χ0n) is 13.7. The predicted molar refractivity (Wildman–Crippen MR) is 92.0 cm³/mol. The van der Waals surface area contributed by atoms with E-state index in [0.29, 0.717) is 13.2 Å². The first-order valence-electron chi connectivity index (χ1n) is 7.66. The van der Waals surface area contributed by atoms with E-state index in [1.165, 1.54) is 0 Å². The van der Waals surface area contributed by atoms with Crippen LogP contribution >= 0.6 is 15.9 Å². The molecule has 0 saturated carbocycles. The second-order valence-corrected chi connectivity index (χ2v) is 7.09. The van der Waals surface area contributed by atoms with Crippen LogP contribution in [0.25, 0.3) is 0 Å². The molecule has 4 heteroatoms. The van der Waals surface area contributed by atoms with Gasteiger partial charge in [0, 0.05) is 28.7 Å². The molecule has 0 saturated heterocycles. The van der Waals surface area contributed by atoms with Crippen molar-refractivity contribution in [1.82, 2.24) is 5.32 Å². The smallest absolute Gasteiger partial charge is 0.123 e. The Hall–Kier alpha value is -0.580. The van der Waals surface area contributed by atoms with Crippen molar-refractivity contribution in [2.75, 3.05) is 19.8 Å². The van der Waals surface area contributed by atoms with Crippen molar-refractivity contribution >= 4 is 15.9 Å². The molecule has 0 bridgehead atoms. The summed E-state index contributed by atoms with van der Waals surface area (Å²) in [6, 6.07) is 6.12. The van der Waals surface area contributed by atoms with Crippen LogP contribution in [-0.2, 0) is 11.3 Å². The number of unbranched alkanes of at least 4 members (excludes halogenated alkanes) is 1. The predicted octanol–water partition coefficient (Wildman–Crippen LogP) is 4.53. The molecule has 120 valence electrons. The summed E-state index contributed by atoms with van der Waals surface area (Å²) in [6.45, 7) is 11.5. The van der Waals surface area contributed by atoms with Crippen molar-refractivity contribution < 1.29 is 9.47 Å². The first-order valence-corrected chi connectivity index (χ1v) is 8.45. The highest BCUT2D eigenvalue weighted by atomic mass is 79.9. The third kappa shape index (κ3) is 8.44. The number of halogens is 1. The summed E-state index contributed by atoms with van der Waals surface area (Å²) in [5, 5.41) is 3.49. The van der Waals surface area contributed by atoms with Crippen LogP contribution < -0.4 is 10.1 Å². The van der Waals surface area contributed by atoms with Gasteiger partial charge in [-0.15, -0.1) is 0 Å². The summed E-state index contributed by atoms with van der Waals surface area (Å²) in [4.78, 5) is 0. The van der Waals surface area contributed by atoms with Gasteiger partial charge in [0.15, 0.2) is 0 Å². The van der Waals surface area contributed by atoms with Gasteiger partial charge in [0.2, 0.25) is 0 Å². The van der Waals surface area contributed by atoms with Crippen molar-refractivity contribution in [2.24, 2.45) is 0 Å². The summed E-state index contributed by atoms with van der Waals surface area (Å²) < 4.78 is 12.4. The lowest BCUT2D eigenvalue weighted by Crippen LogP contribution is -2.35. The highest BCUT2D eigenvalue weighted by Gasteiger charge is 2.11. The molecule has 0 radical (unpaired) electrons. The molecule has 0 aliphatic heterocycles. The van der Waals surface area contributed by atoms with Gasteiger partial charge in [0.1, 0.15) is 12.4 Å². The Morgan fingerprint density at radius 3 is 2.57 bits per heavy atom. The van der Waals surface area contributed by atoms with Gasteiger partial charge in [-0.1, -0.05) is 29.3 Å². The Morgan fingerprint density at radius 2 is 1.90 bits per heavy atom. The monoisotopic (exact) mass is 357 g/mol. The molecule has 21 heavy (non-hydrogen) atoms. The SMILES string of the molecule is CCCCOCCOc1ccc(Br)cc1CNC(C)(C)C. The van der Waals surface area contributed by atoms with Crippen LogP contribution in [-0.4, -0.2) is 25.4 Å². The van der Waals surface area contributed by atoms with Gasteiger partial charge in [-0.05, 0) is 45.4 Å². The standard InChI is InChI=1S/C17H28BrNO2/c1-5-6-9-20-10-11-21-16-8-7-15(18)12-14(16)13-19-17(2,3)4/h7-8,12,19H,5-6,9-11,13H2,1-4H3. The molecule has 1 N–H and O–H groups in total. The Balaban J connectivity index is 2.48. The Kier molecular flexibility index (Phi) is 8.30. The van der Waals surface area contributed by atoms with Crippen LogP contribution in [0.15, 0.2) is 22.7 Å². The number of nitrogens with one attached hydrogen (secondary N) is 1. The Morgan fingerprint density at radius 1 is 1.14 bits per heavy atom. The average Bonchev–Trinajstić information content (AvgIpc) is 2.41. The Bertz CT molecular complexity index is 416. The molecule has 0 aromatic heterocycles. The number of benzene rings is 1. The molecule has 1 aromatic carbocycles. The molecule has 0 aliphatic carbocycles. The molecule has 0 spiro atoms. The third-order valence-electron chi connectivity index (χ3n) is 2.96. The summed E-state index contributed by atoms with van der Waals surface area (Å²) in [5.41, 5.74) is 1.25. The normalized spacial score (nSPS) is 11.7. The fourth-order valence-corrected chi connectivity index (χ4v) is 2.15. The molecule has 0 fully saturated rings. The number of hydrogen-bond donors (Lipinski definition) is 1. The molecule has 1 aromatic rings. The lowest BCUT2D eigenvalue weighted by molar-refractivity contribution is 0.0976. The van der Waals surface area contributed by atoms with Gasteiger partial charge in [-0.25, -0.2) is 0 Å². The van der Waals surface area contributed by atoms with E-state index in [-0.39, 0.29) is 5.54 Å². The minimum atomic E-state index is 0.0862. The maximum absolute atomic E-state index is 5.85. The summed E-state index contributed by atoms with van der Waals surface area (Å²) in [6.07, 6.45) is 2.27. The molecule has 0 heterocycles. The number of ether oxygens (including phenoxy) is 2. The van der Waals surface area contributed by atoms with Crippen molar-refractivity contribution in [2.45, 2.75) is 52.6 Å². The number of rotatable bonds is 9. The van der Waals surface area contributed by atoms with Gasteiger partial charge in [0.25, 0.3) is 0 Å². The van der Waals surface area contributed by atoms with Crippen LogP contribution in [0.1, 0.15) is 46.1 Å². The average molecular weight is 358 g/mol. The second-order valence-electron chi connectivity index (χ2n) is 6.17. The quantitative estimate of drug-likeness (QED) is 0.658. The first kappa shape index (κ1) is 18.5. The van der Waals surface area contributed by atoms with Crippen molar-refractivity contribution in [3.8, 4) is 5.75 Å². The van der Waals surface area contributed by atoms with Crippen LogP contribution in [0.3, 0.4) is 0 Å². The van der Waals surface area contributed by atoms with E-state index in [1.807, 2.05) is 12.1 Å². The lowest BCUT2D eigenvalue weighted by atomic mass is 10.1. The van der Waals surface area contributed by atoms with Crippen molar-refractivity contribution in [3.05, 3.63) is 28.2 Å². The highest BCUT2D eigenvalue weighted by molar-refractivity contribution is 9.10. The van der Waals surface area contributed by atoms with Gasteiger partial charge in [-0.3, -0.25) is 0 Å². The van der Waals surface area contributed by atoms with E-state index in [2.05, 4.69) is 55.0 Å². The second kappa shape index (κ2) is 9.44.